The molecule has 0 spiro atoms. The van der Waals surface area contributed by atoms with Crippen LogP contribution in [-0.2, 0) is 19.2 Å². The van der Waals surface area contributed by atoms with Crippen molar-refractivity contribution in [2.24, 2.45) is 5.73 Å². The molecular formula is C10H17ClKN3O6S. The van der Waals surface area contributed by atoms with E-state index in [1.54, 1.807) is 0 Å². The predicted molar refractivity (Wildman–Crippen MR) is 71.3 cm³/mol. The Labute approximate surface area is 181 Å². The van der Waals surface area contributed by atoms with Gasteiger partial charge in [0.05, 0.1) is 0 Å². The van der Waals surface area contributed by atoms with Crippen LogP contribution in [-0.4, -0.2) is 58.3 Å². The maximum Gasteiger partial charge on any atom is 1.00 e. The van der Waals surface area contributed by atoms with Crippen LogP contribution >= 0.6 is 12.6 Å². The number of carboxylic acids is 2. The van der Waals surface area contributed by atoms with Gasteiger partial charge < -0.3 is 39.0 Å². The summed E-state index contributed by atoms with van der Waals surface area (Å²) >= 11 is 3.87. The van der Waals surface area contributed by atoms with Gasteiger partial charge in [-0.3, -0.25) is 19.2 Å². The maximum atomic E-state index is 11.5. The Morgan fingerprint density at radius 3 is 2.14 bits per heavy atom. The summed E-state index contributed by atoms with van der Waals surface area (Å²) in [5.74, 6) is -3.70. The number of carbonyl (C=O) groups is 4. The van der Waals surface area contributed by atoms with Crippen LogP contribution in [0.5, 0.6) is 0 Å². The topological polar surface area (TPSA) is 159 Å². The summed E-state index contributed by atoms with van der Waals surface area (Å²) in [4.78, 5) is 43.7. The van der Waals surface area contributed by atoms with E-state index in [2.05, 4.69) is 23.3 Å². The first-order valence-electron chi connectivity index (χ1n) is 5.66. The first-order chi connectivity index (χ1) is 9.27. The number of aliphatic carboxylic acids is 2. The molecule has 0 heterocycles. The molecule has 0 aliphatic carbocycles. The molecule has 2 unspecified atom stereocenters. The molecule has 2 atom stereocenters. The Bertz CT molecular complexity index is 401. The van der Waals surface area contributed by atoms with Gasteiger partial charge in [0.25, 0.3) is 0 Å². The number of carbonyl (C=O) groups excluding carboxylic acids is 2. The third-order valence-corrected chi connectivity index (χ3v) is 2.61. The van der Waals surface area contributed by atoms with Crippen molar-refractivity contribution in [3.63, 3.8) is 0 Å². The SMILES string of the molecule is NC(CCC(=O)NC(CS)C(=O)NCC(=O)O)C(=O)O.[Cl-].[K+]. The van der Waals surface area contributed by atoms with E-state index in [9.17, 15) is 19.2 Å². The van der Waals surface area contributed by atoms with Crippen molar-refractivity contribution in [2.75, 3.05) is 12.3 Å². The Kier molecular flexibility index (Phi) is 18.0. The van der Waals surface area contributed by atoms with E-state index < -0.39 is 42.4 Å². The van der Waals surface area contributed by atoms with E-state index in [1.165, 1.54) is 0 Å². The van der Waals surface area contributed by atoms with Crippen molar-refractivity contribution in [1.82, 2.24) is 10.6 Å². The number of hydrogen-bond donors (Lipinski definition) is 6. The number of carboxylic acid groups (broad SMARTS) is 2. The van der Waals surface area contributed by atoms with Gasteiger partial charge in [0.2, 0.25) is 11.8 Å². The summed E-state index contributed by atoms with van der Waals surface area (Å²) in [7, 11) is 0. The fourth-order valence-corrected chi connectivity index (χ4v) is 1.41. The second-order valence-electron chi connectivity index (χ2n) is 3.90. The number of nitrogens with two attached hydrogens (primary N) is 1. The van der Waals surface area contributed by atoms with E-state index in [0.717, 1.165) is 0 Å². The zero-order valence-electron chi connectivity index (χ0n) is 11.9. The average Bonchev–Trinajstić information content (AvgIpc) is 2.38. The minimum atomic E-state index is -1.22. The minimum Gasteiger partial charge on any atom is -1.00 e. The van der Waals surface area contributed by atoms with Crippen LogP contribution in [0.2, 0.25) is 0 Å². The van der Waals surface area contributed by atoms with Crippen LogP contribution in [0.25, 0.3) is 0 Å². The van der Waals surface area contributed by atoms with E-state index in [1.807, 2.05) is 0 Å². The molecule has 0 aromatic heterocycles. The zero-order chi connectivity index (χ0) is 15.7. The van der Waals surface area contributed by atoms with Crippen molar-refractivity contribution < 1.29 is 93.2 Å². The number of thiol groups is 1. The molecule has 0 radical (unpaired) electrons. The maximum absolute atomic E-state index is 11.5. The summed E-state index contributed by atoms with van der Waals surface area (Å²) in [6.45, 7) is -0.567. The van der Waals surface area contributed by atoms with Gasteiger partial charge in [-0.2, -0.15) is 12.6 Å². The molecule has 0 aromatic carbocycles. The van der Waals surface area contributed by atoms with E-state index in [0.29, 0.717) is 0 Å². The molecule has 0 aliphatic rings. The van der Waals surface area contributed by atoms with Gasteiger partial charge in [0.1, 0.15) is 18.6 Å². The number of nitrogens with one attached hydrogen (secondary N) is 2. The smallest absolute Gasteiger partial charge is 1.00 e. The van der Waals surface area contributed by atoms with Crippen molar-refractivity contribution in [3.8, 4) is 0 Å². The molecule has 0 bridgehead atoms. The molecule has 0 saturated carbocycles. The third-order valence-electron chi connectivity index (χ3n) is 2.25. The second kappa shape index (κ2) is 14.7. The molecular weight excluding hydrogens is 365 g/mol. The summed E-state index contributed by atoms with van der Waals surface area (Å²) in [6.07, 6.45) is -0.235. The summed E-state index contributed by atoms with van der Waals surface area (Å²) in [5, 5.41) is 21.4. The molecule has 2 amide bonds. The molecule has 0 rings (SSSR count). The predicted octanol–water partition coefficient (Wildman–Crippen LogP) is -8.20. The third kappa shape index (κ3) is 12.6. The first kappa shape index (κ1) is 27.0. The van der Waals surface area contributed by atoms with Crippen molar-refractivity contribution in [1.29, 1.82) is 0 Å². The fourth-order valence-electron chi connectivity index (χ4n) is 1.16. The Hall–Kier alpha value is 0.116. The molecule has 0 aliphatic heterocycles. The molecule has 9 nitrogen and oxygen atoms in total. The molecule has 122 valence electrons. The van der Waals surface area contributed by atoms with Crippen LogP contribution in [0.3, 0.4) is 0 Å². The minimum absolute atomic E-state index is 0. The van der Waals surface area contributed by atoms with Gasteiger partial charge in [-0.15, -0.1) is 0 Å². The van der Waals surface area contributed by atoms with Crippen molar-refractivity contribution in [2.45, 2.75) is 24.9 Å². The number of hydrogen-bond acceptors (Lipinski definition) is 6. The Morgan fingerprint density at radius 1 is 1.18 bits per heavy atom. The van der Waals surface area contributed by atoms with Crippen LogP contribution < -0.4 is 80.2 Å². The quantitative estimate of drug-likeness (QED) is 0.171. The first-order valence-corrected chi connectivity index (χ1v) is 6.29. The molecule has 0 fully saturated rings. The van der Waals surface area contributed by atoms with E-state index in [-0.39, 0.29) is 82.4 Å². The van der Waals surface area contributed by atoms with E-state index in [4.69, 9.17) is 15.9 Å². The van der Waals surface area contributed by atoms with Gasteiger partial charge >= 0.3 is 63.3 Å². The standard InChI is InChI=1S/C10H17N3O6S.ClH.K/c11-5(10(18)19)1-2-7(14)13-6(4-20)9(17)12-3-8(15)16;;/h5-6,20H,1-4,11H2,(H,12,17)(H,13,14)(H,15,16)(H,18,19);1H;/q;;+1/p-1. The normalized spacial score (nSPS) is 11.9. The largest absolute Gasteiger partial charge is 1.00 e. The van der Waals surface area contributed by atoms with Crippen molar-refractivity contribution in [3.05, 3.63) is 0 Å². The Balaban J connectivity index is -0.00000180. The molecule has 0 aromatic rings. The van der Waals surface area contributed by atoms with Crippen LogP contribution in [0, 0.1) is 0 Å². The van der Waals surface area contributed by atoms with Gasteiger partial charge in [-0.05, 0) is 6.42 Å². The van der Waals surface area contributed by atoms with Gasteiger partial charge in [-0.25, -0.2) is 0 Å². The van der Waals surface area contributed by atoms with Gasteiger partial charge in [-0.1, -0.05) is 0 Å². The number of halogens is 1. The Morgan fingerprint density at radius 2 is 1.73 bits per heavy atom. The summed E-state index contributed by atoms with van der Waals surface area (Å²) < 4.78 is 0. The monoisotopic (exact) mass is 381 g/mol. The summed E-state index contributed by atoms with van der Waals surface area (Å²) in [5.41, 5.74) is 5.23. The fraction of sp³-hybridized carbons (Fsp3) is 0.600. The second-order valence-corrected chi connectivity index (χ2v) is 4.26. The van der Waals surface area contributed by atoms with Gasteiger partial charge in [0, 0.05) is 12.2 Å². The average molecular weight is 382 g/mol. The summed E-state index contributed by atoms with van der Waals surface area (Å²) in [6, 6.07) is -2.15. The number of amides is 2. The zero-order valence-corrected chi connectivity index (χ0v) is 16.7. The molecule has 0 saturated heterocycles. The van der Waals surface area contributed by atoms with Crippen LogP contribution in [0.1, 0.15) is 12.8 Å². The van der Waals surface area contributed by atoms with E-state index >= 15 is 0 Å². The molecule has 12 heteroatoms. The molecule has 6 N–H and O–H groups in total. The number of rotatable bonds is 9. The van der Waals surface area contributed by atoms with Crippen molar-refractivity contribution >= 4 is 36.4 Å². The van der Waals surface area contributed by atoms with Gasteiger partial charge in [0.15, 0.2) is 0 Å². The molecule has 22 heavy (non-hydrogen) atoms. The van der Waals surface area contributed by atoms with Crippen LogP contribution in [0.4, 0.5) is 0 Å². The van der Waals surface area contributed by atoms with Crippen LogP contribution in [0.15, 0.2) is 0 Å².